The zero-order valence-corrected chi connectivity index (χ0v) is 11.0. The third-order valence-corrected chi connectivity index (χ3v) is 1.74. The van der Waals surface area contributed by atoms with E-state index in [0.29, 0.717) is 6.42 Å². The number of carboxylic acids is 1. The maximum absolute atomic E-state index is 10.1. The van der Waals surface area contributed by atoms with Gasteiger partial charge in [-0.3, -0.25) is 4.79 Å². The largest absolute Gasteiger partial charge is 0.481 e. The van der Waals surface area contributed by atoms with E-state index in [4.69, 9.17) is 5.11 Å². The van der Waals surface area contributed by atoms with Gasteiger partial charge < -0.3 is 5.11 Å². The van der Waals surface area contributed by atoms with Crippen molar-refractivity contribution in [3.8, 4) is 0 Å². The van der Waals surface area contributed by atoms with E-state index in [1.165, 1.54) is 25.7 Å². The Bertz CT molecular complexity index is 105. The number of rotatable bonds is 7. The average Bonchev–Trinajstić information content (AvgIpc) is 1.96. The number of unbranched alkanes of at least 4 members (excludes halogenated alkanes) is 5. The van der Waals surface area contributed by atoms with E-state index in [-0.39, 0.29) is 40.8 Å². The van der Waals surface area contributed by atoms with E-state index in [1.807, 2.05) is 0 Å². The third kappa shape index (κ3) is 13.4. The standard InChI is InChI=1S/C9H18O2.Nd/c1-2-3-4-5-6-7-8-9(10)11;/h2-8H2,1H3,(H,10,11);. The van der Waals surface area contributed by atoms with Crippen molar-refractivity contribution in [2.75, 3.05) is 0 Å². The van der Waals surface area contributed by atoms with Crippen LogP contribution in [-0.4, -0.2) is 11.1 Å². The van der Waals surface area contributed by atoms with Crippen LogP contribution in [-0.2, 0) is 4.79 Å². The topological polar surface area (TPSA) is 37.3 Å². The van der Waals surface area contributed by atoms with E-state index in [2.05, 4.69) is 6.92 Å². The molecule has 0 spiro atoms. The van der Waals surface area contributed by atoms with Gasteiger partial charge in [0.25, 0.3) is 0 Å². The van der Waals surface area contributed by atoms with Crippen molar-refractivity contribution in [1.82, 2.24) is 0 Å². The quantitative estimate of drug-likeness (QED) is 0.734. The van der Waals surface area contributed by atoms with Gasteiger partial charge in [-0.25, -0.2) is 0 Å². The summed E-state index contributed by atoms with van der Waals surface area (Å²) in [5.74, 6) is -0.666. The number of carboxylic acid groups (broad SMARTS) is 1. The van der Waals surface area contributed by atoms with Crippen LogP contribution in [0.2, 0.25) is 0 Å². The van der Waals surface area contributed by atoms with Gasteiger partial charge in [0.2, 0.25) is 0 Å². The van der Waals surface area contributed by atoms with Gasteiger partial charge >= 0.3 is 5.97 Å². The van der Waals surface area contributed by atoms with Crippen molar-refractivity contribution in [3.05, 3.63) is 0 Å². The molecular formula is C9H18NdO2. The molecule has 0 aliphatic heterocycles. The maximum Gasteiger partial charge on any atom is 0.303 e. The van der Waals surface area contributed by atoms with Crippen LogP contribution in [0.3, 0.4) is 0 Å². The molecule has 70 valence electrons. The Morgan fingerprint density at radius 2 is 1.58 bits per heavy atom. The van der Waals surface area contributed by atoms with Gasteiger partial charge in [-0.1, -0.05) is 39.0 Å². The van der Waals surface area contributed by atoms with Crippen LogP contribution >= 0.6 is 0 Å². The molecule has 0 heterocycles. The predicted octanol–water partition coefficient (Wildman–Crippen LogP) is 2.82. The van der Waals surface area contributed by atoms with Crippen LogP contribution in [0.1, 0.15) is 51.9 Å². The smallest absolute Gasteiger partial charge is 0.303 e. The Labute approximate surface area is 108 Å². The van der Waals surface area contributed by atoms with Crippen LogP contribution < -0.4 is 0 Å². The molecule has 0 fully saturated rings. The molecule has 0 unspecified atom stereocenters. The van der Waals surface area contributed by atoms with E-state index < -0.39 is 5.97 Å². The van der Waals surface area contributed by atoms with Crippen LogP contribution in [0.5, 0.6) is 0 Å². The second-order valence-corrected chi connectivity index (χ2v) is 2.91. The second kappa shape index (κ2) is 11.8. The first kappa shape index (κ1) is 15.3. The molecular weight excluding hydrogens is 284 g/mol. The Hall–Kier alpha value is 0.821. The molecule has 0 aliphatic rings. The predicted molar refractivity (Wildman–Crippen MR) is 45.6 cm³/mol. The molecule has 0 aromatic heterocycles. The van der Waals surface area contributed by atoms with Crippen molar-refractivity contribution >= 4 is 5.97 Å². The van der Waals surface area contributed by atoms with Crippen molar-refractivity contribution in [2.24, 2.45) is 0 Å². The summed E-state index contributed by atoms with van der Waals surface area (Å²) < 4.78 is 0. The molecule has 0 rings (SSSR count). The van der Waals surface area contributed by atoms with Gasteiger partial charge in [0.1, 0.15) is 0 Å². The zero-order chi connectivity index (χ0) is 8.53. The summed E-state index contributed by atoms with van der Waals surface area (Å²) in [6.45, 7) is 2.18. The normalized spacial score (nSPS) is 9.08. The van der Waals surface area contributed by atoms with Crippen molar-refractivity contribution in [1.29, 1.82) is 0 Å². The van der Waals surface area contributed by atoms with Crippen LogP contribution in [0.4, 0.5) is 0 Å². The monoisotopic (exact) mass is 300 g/mol. The van der Waals surface area contributed by atoms with E-state index in [0.717, 1.165) is 12.8 Å². The molecule has 0 aromatic rings. The summed E-state index contributed by atoms with van der Waals surface area (Å²) in [5.41, 5.74) is 0. The minimum absolute atomic E-state index is 0. The fraction of sp³-hybridized carbons (Fsp3) is 0.889. The van der Waals surface area contributed by atoms with Crippen molar-refractivity contribution in [2.45, 2.75) is 51.9 Å². The first-order valence-corrected chi connectivity index (χ1v) is 4.49. The van der Waals surface area contributed by atoms with Crippen molar-refractivity contribution in [3.63, 3.8) is 0 Å². The molecule has 0 atom stereocenters. The average molecular weight is 302 g/mol. The minimum atomic E-state index is -0.666. The fourth-order valence-electron chi connectivity index (χ4n) is 1.06. The molecule has 3 heteroatoms. The van der Waals surface area contributed by atoms with Gasteiger partial charge in [-0.2, -0.15) is 0 Å². The summed E-state index contributed by atoms with van der Waals surface area (Å²) in [7, 11) is 0. The summed E-state index contributed by atoms with van der Waals surface area (Å²) >= 11 is 0. The summed E-state index contributed by atoms with van der Waals surface area (Å²) in [6, 6.07) is 0. The Kier molecular flexibility index (Phi) is 15.1. The molecule has 2 nitrogen and oxygen atoms in total. The van der Waals surface area contributed by atoms with Crippen LogP contribution in [0.25, 0.3) is 0 Å². The molecule has 0 radical (unpaired) electrons. The summed E-state index contributed by atoms with van der Waals surface area (Å²) in [4.78, 5) is 10.1. The Morgan fingerprint density at radius 3 is 2.08 bits per heavy atom. The molecule has 1 N–H and O–H groups in total. The second-order valence-electron chi connectivity index (χ2n) is 2.91. The summed E-state index contributed by atoms with van der Waals surface area (Å²) in [5, 5.41) is 8.32. The Balaban J connectivity index is 0. The number of hydrogen-bond acceptors (Lipinski definition) is 1. The molecule has 12 heavy (non-hydrogen) atoms. The third-order valence-electron chi connectivity index (χ3n) is 1.74. The minimum Gasteiger partial charge on any atom is -0.481 e. The molecule has 0 amide bonds. The van der Waals surface area contributed by atoms with E-state index in [9.17, 15) is 4.79 Å². The van der Waals surface area contributed by atoms with Crippen LogP contribution in [0.15, 0.2) is 0 Å². The maximum atomic E-state index is 10.1. The summed E-state index contributed by atoms with van der Waals surface area (Å²) in [6.07, 6.45) is 7.25. The van der Waals surface area contributed by atoms with Gasteiger partial charge in [-0.05, 0) is 6.42 Å². The number of carbonyl (C=O) groups is 1. The SMILES string of the molecule is CCCCCCCCC(=O)O.[Nd]. The van der Waals surface area contributed by atoms with Gasteiger partial charge in [-0.15, -0.1) is 0 Å². The fourth-order valence-corrected chi connectivity index (χ4v) is 1.06. The van der Waals surface area contributed by atoms with Gasteiger partial charge in [0, 0.05) is 47.3 Å². The first-order valence-electron chi connectivity index (χ1n) is 4.49. The number of aliphatic carboxylic acids is 1. The first-order chi connectivity index (χ1) is 5.27. The molecule has 0 aliphatic carbocycles. The number of hydrogen-bond donors (Lipinski definition) is 1. The van der Waals surface area contributed by atoms with Crippen molar-refractivity contribution < 1.29 is 50.7 Å². The van der Waals surface area contributed by atoms with E-state index in [1.54, 1.807) is 0 Å². The van der Waals surface area contributed by atoms with Gasteiger partial charge in [0.15, 0.2) is 0 Å². The van der Waals surface area contributed by atoms with Crippen LogP contribution in [0, 0.1) is 40.8 Å². The Morgan fingerprint density at radius 1 is 1.08 bits per heavy atom. The van der Waals surface area contributed by atoms with Gasteiger partial charge in [0.05, 0.1) is 0 Å². The molecule has 0 bridgehead atoms. The molecule has 0 saturated carbocycles. The zero-order valence-electron chi connectivity index (χ0n) is 7.81. The van der Waals surface area contributed by atoms with E-state index >= 15 is 0 Å². The molecule has 0 saturated heterocycles. The molecule has 0 aromatic carbocycles.